The highest BCUT2D eigenvalue weighted by Gasteiger charge is 2.19. The fraction of sp³-hybridized carbons (Fsp3) is 0.318. The van der Waals surface area contributed by atoms with Gasteiger partial charge in [-0.15, -0.1) is 12.4 Å². The van der Waals surface area contributed by atoms with Crippen LogP contribution in [0.15, 0.2) is 45.6 Å². The molecule has 0 fully saturated rings. The summed E-state index contributed by atoms with van der Waals surface area (Å²) in [4.78, 5) is 13.3. The van der Waals surface area contributed by atoms with E-state index in [0.29, 0.717) is 52.3 Å². The molecule has 1 aromatic heterocycles. The molecule has 0 unspecified atom stereocenters. The number of benzene rings is 2. The molecule has 0 aliphatic heterocycles. The Kier molecular flexibility index (Phi) is 8.08. The fourth-order valence-electron chi connectivity index (χ4n) is 3.30. The summed E-state index contributed by atoms with van der Waals surface area (Å²) in [5.41, 5.74) is 1.98. The quantitative estimate of drug-likeness (QED) is 0.536. The predicted molar refractivity (Wildman–Crippen MR) is 116 cm³/mol. The van der Waals surface area contributed by atoms with Crippen LogP contribution in [0.1, 0.15) is 17.7 Å². The topological polar surface area (TPSA) is 80.9 Å². The fourth-order valence-corrected chi connectivity index (χ4v) is 3.30. The lowest BCUT2D eigenvalue weighted by Gasteiger charge is -2.14. The molecule has 0 spiro atoms. The second kappa shape index (κ2) is 10.3. The van der Waals surface area contributed by atoms with E-state index in [1.807, 2.05) is 24.3 Å². The lowest BCUT2D eigenvalue weighted by molar-refractivity contribution is 0.194. The maximum atomic E-state index is 13.3. The largest absolute Gasteiger partial charge is 0.507 e. The maximum absolute atomic E-state index is 13.3. The van der Waals surface area contributed by atoms with Gasteiger partial charge >= 0.3 is 0 Å². The van der Waals surface area contributed by atoms with Crippen molar-refractivity contribution in [3.05, 3.63) is 57.9 Å². The number of fused-ring (bicyclic) bond motifs is 1. The van der Waals surface area contributed by atoms with Crippen LogP contribution >= 0.6 is 12.4 Å². The number of phenolic OH excluding ortho intramolecular Hbond substituents is 1. The molecule has 29 heavy (non-hydrogen) atoms. The SMILES string of the molecule is COCCCNCc1c(O)ccc2c(=O)c(-c3ccccc3OC)c(C)oc12.Cl. The smallest absolute Gasteiger partial charge is 0.200 e. The van der Waals surface area contributed by atoms with Crippen LogP contribution < -0.4 is 15.5 Å². The van der Waals surface area contributed by atoms with Gasteiger partial charge in [0.05, 0.1) is 23.6 Å². The highest BCUT2D eigenvalue weighted by Crippen LogP contribution is 2.33. The summed E-state index contributed by atoms with van der Waals surface area (Å²) in [5, 5.41) is 14.0. The van der Waals surface area contributed by atoms with Crippen LogP contribution in [0.2, 0.25) is 0 Å². The van der Waals surface area contributed by atoms with Gasteiger partial charge in [-0.2, -0.15) is 0 Å². The van der Waals surface area contributed by atoms with Gasteiger partial charge in [0.1, 0.15) is 22.8 Å². The lowest BCUT2D eigenvalue weighted by atomic mass is 10.00. The molecule has 156 valence electrons. The number of aromatic hydroxyl groups is 1. The van der Waals surface area contributed by atoms with Crippen LogP contribution in [0.25, 0.3) is 22.1 Å². The van der Waals surface area contributed by atoms with Crippen LogP contribution in [0, 0.1) is 6.92 Å². The van der Waals surface area contributed by atoms with Crippen molar-refractivity contribution in [3.8, 4) is 22.6 Å². The number of hydrogen-bond acceptors (Lipinski definition) is 6. The van der Waals surface area contributed by atoms with Gasteiger partial charge in [0.25, 0.3) is 0 Å². The van der Waals surface area contributed by atoms with Crippen molar-refractivity contribution in [2.24, 2.45) is 0 Å². The predicted octanol–water partition coefficient (Wildman–Crippen LogP) is 4.03. The molecule has 1 heterocycles. The van der Waals surface area contributed by atoms with Gasteiger partial charge in [0.15, 0.2) is 0 Å². The number of rotatable bonds is 8. The Bertz CT molecular complexity index is 1030. The van der Waals surface area contributed by atoms with Gasteiger partial charge in [-0.1, -0.05) is 18.2 Å². The van der Waals surface area contributed by atoms with Gasteiger partial charge in [-0.25, -0.2) is 0 Å². The Morgan fingerprint density at radius 1 is 1.14 bits per heavy atom. The summed E-state index contributed by atoms with van der Waals surface area (Å²) in [6.07, 6.45) is 0.850. The summed E-state index contributed by atoms with van der Waals surface area (Å²) in [7, 11) is 3.23. The summed E-state index contributed by atoms with van der Waals surface area (Å²) in [5.74, 6) is 1.18. The van der Waals surface area contributed by atoms with Gasteiger partial charge in [0, 0.05) is 25.8 Å². The van der Waals surface area contributed by atoms with Crippen molar-refractivity contribution >= 4 is 23.4 Å². The van der Waals surface area contributed by atoms with Crippen molar-refractivity contribution in [1.82, 2.24) is 5.32 Å². The highest BCUT2D eigenvalue weighted by molar-refractivity contribution is 5.87. The third-order valence-corrected chi connectivity index (χ3v) is 4.69. The number of hydrogen-bond donors (Lipinski definition) is 2. The number of methoxy groups -OCH3 is 2. The molecular weight excluding hydrogens is 394 g/mol. The van der Waals surface area contributed by atoms with Crippen LogP contribution in [0.3, 0.4) is 0 Å². The van der Waals surface area contributed by atoms with E-state index < -0.39 is 0 Å². The van der Waals surface area contributed by atoms with Crippen LogP contribution in [0.4, 0.5) is 0 Å². The molecule has 0 atom stereocenters. The first kappa shape index (κ1) is 22.7. The summed E-state index contributed by atoms with van der Waals surface area (Å²) >= 11 is 0. The van der Waals surface area contributed by atoms with Crippen molar-refractivity contribution in [2.45, 2.75) is 19.9 Å². The number of ether oxygens (including phenoxy) is 2. The van der Waals surface area contributed by atoms with Gasteiger partial charge < -0.3 is 24.3 Å². The van der Waals surface area contributed by atoms with E-state index in [-0.39, 0.29) is 23.6 Å². The normalized spacial score (nSPS) is 10.7. The zero-order chi connectivity index (χ0) is 20.1. The van der Waals surface area contributed by atoms with Crippen molar-refractivity contribution in [3.63, 3.8) is 0 Å². The standard InChI is InChI=1S/C22H25NO5.ClH/c1-14-20(15-7-4-5-8-19(15)27-3)21(25)16-9-10-18(24)17(22(16)28-14)13-23-11-6-12-26-2;/h4-5,7-10,23-24H,6,11-13H2,1-3H3;1H. The molecule has 3 aromatic rings. The van der Waals surface area contributed by atoms with Gasteiger partial charge in [0.2, 0.25) is 5.43 Å². The third kappa shape index (κ3) is 4.72. The summed E-state index contributed by atoms with van der Waals surface area (Å²) < 4.78 is 16.5. The molecule has 2 N–H and O–H groups in total. The Hall–Kier alpha value is -2.54. The molecule has 3 rings (SSSR count). The van der Waals surface area contributed by atoms with E-state index in [0.717, 1.165) is 13.0 Å². The molecule has 0 saturated heterocycles. The van der Waals surface area contributed by atoms with E-state index in [1.165, 1.54) is 6.07 Å². The average Bonchev–Trinajstić information content (AvgIpc) is 2.69. The van der Waals surface area contributed by atoms with E-state index in [4.69, 9.17) is 13.9 Å². The second-order valence-corrected chi connectivity index (χ2v) is 6.53. The molecule has 0 amide bonds. The molecule has 0 radical (unpaired) electrons. The first-order valence-corrected chi connectivity index (χ1v) is 9.19. The van der Waals surface area contributed by atoms with Crippen LogP contribution in [0.5, 0.6) is 11.5 Å². The van der Waals surface area contributed by atoms with Crippen molar-refractivity contribution in [2.75, 3.05) is 27.4 Å². The minimum absolute atomic E-state index is 0. The minimum Gasteiger partial charge on any atom is -0.507 e. The highest BCUT2D eigenvalue weighted by atomic mass is 35.5. The Morgan fingerprint density at radius 2 is 1.90 bits per heavy atom. The zero-order valence-corrected chi connectivity index (χ0v) is 17.6. The molecule has 6 nitrogen and oxygen atoms in total. The third-order valence-electron chi connectivity index (χ3n) is 4.69. The summed E-state index contributed by atoms with van der Waals surface area (Å²) in [6, 6.07) is 10.5. The minimum atomic E-state index is -0.149. The molecule has 2 aromatic carbocycles. The average molecular weight is 420 g/mol. The number of para-hydroxylation sites is 1. The van der Waals surface area contributed by atoms with Crippen LogP contribution in [-0.2, 0) is 11.3 Å². The number of nitrogens with one attached hydrogen (secondary N) is 1. The number of phenols is 1. The second-order valence-electron chi connectivity index (χ2n) is 6.53. The van der Waals surface area contributed by atoms with Crippen LogP contribution in [-0.4, -0.2) is 32.5 Å². The van der Waals surface area contributed by atoms with E-state index >= 15 is 0 Å². The maximum Gasteiger partial charge on any atom is 0.200 e. The monoisotopic (exact) mass is 419 g/mol. The molecule has 0 saturated carbocycles. The number of halogens is 1. The molecule has 0 aliphatic carbocycles. The van der Waals surface area contributed by atoms with Gasteiger partial charge in [-0.3, -0.25) is 4.79 Å². The van der Waals surface area contributed by atoms with Gasteiger partial charge in [-0.05, 0) is 38.1 Å². The first-order valence-electron chi connectivity index (χ1n) is 9.19. The first-order chi connectivity index (χ1) is 13.6. The van der Waals surface area contributed by atoms with E-state index in [2.05, 4.69) is 5.32 Å². The number of aryl methyl sites for hydroxylation is 1. The molecule has 0 bridgehead atoms. The Balaban J connectivity index is 0.00000300. The molecule has 0 aliphatic rings. The summed E-state index contributed by atoms with van der Waals surface area (Å²) in [6.45, 7) is 3.53. The van der Waals surface area contributed by atoms with Crippen molar-refractivity contribution in [1.29, 1.82) is 0 Å². The van der Waals surface area contributed by atoms with E-state index in [1.54, 1.807) is 27.2 Å². The Labute approximate surface area is 175 Å². The van der Waals surface area contributed by atoms with E-state index in [9.17, 15) is 9.90 Å². The zero-order valence-electron chi connectivity index (χ0n) is 16.8. The molecular formula is C22H26ClNO5. The van der Waals surface area contributed by atoms with Crippen molar-refractivity contribution < 1.29 is 19.0 Å². The Morgan fingerprint density at radius 3 is 2.62 bits per heavy atom. The lowest BCUT2D eigenvalue weighted by Crippen LogP contribution is -2.17. The molecule has 7 heteroatoms.